The molecule has 0 spiro atoms. The maximum absolute atomic E-state index is 11.8. The van der Waals surface area contributed by atoms with Crippen molar-refractivity contribution >= 4 is 23.4 Å². The van der Waals surface area contributed by atoms with Crippen molar-refractivity contribution in [2.45, 2.75) is 111 Å². The van der Waals surface area contributed by atoms with Gasteiger partial charge >= 0.3 is 0 Å². The molecule has 0 aromatic heterocycles. The third kappa shape index (κ3) is 18.7. The zero-order valence-corrected chi connectivity index (χ0v) is 20.4. The predicted octanol–water partition coefficient (Wildman–Crippen LogP) is 4.74. The minimum absolute atomic E-state index is 0.0771. The van der Waals surface area contributed by atoms with E-state index in [9.17, 15) is 19.2 Å². The number of amides is 2. The number of nitrogens with one attached hydrogen (secondary N) is 2. The molecule has 2 amide bonds. The van der Waals surface area contributed by atoms with Gasteiger partial charge in [0.25, 0.3) is 0 Å². The number of carbonyl (C=O) groups is 4. The molecular weight excluding hydrogens is 392 g/mol. The van der Waals surface area contributed by atoms with E-state index in [2.05, 4.69) is 10.6 Å². The van der Waals surface area contributed by atoms with E-state index in [0.717, 1.165) is 57.8 Å². The summed E-state index contributed by atoms with van der Waals surface area (Å²) in [4.78, 5) is 46.6. The minimum Gasteiger partial charge on any atom is -0.356 e. The maximum Gasteiger partial charge on any atom is 0.219 e. The highest BCUT2D eigenvalue weighted by Gasteiger charge is 2.08. The Morgan fingerprint density at radius 2 is 0.806 bits per heavy atom. The molecule has 0 rings (SSSR count). The van der Waals surface area contributed by atoms with Crippen molar-refractivity contribution in [3.63, 3.8) is 0 Å². The van der Waals surface area contributed by atoms with Crippen molar-refractivity contribution in [1.82, 2.24) is 10.6 Å². The monoisotopic (exact) mass is 438 g/mol. The van der Waals surface area contributed by atoms with Crippen LogP contribution in [0.2, 0.25) is 0 Å². The normalized spacial score (nSPS) is 11.0. The van der Waals surface area contributed by atoms with Crippen LogP contribution >= 0.6 is 0 Å². The summed E-state index contributed by atoms with van der Waals surface area (Å²) >= 11 is 0. The second-order valence-electron chi connectivity index (χ2n) is 9.12. The highest BCUT2D eigenvalue weighted by molar-refractivity contribution is 5.81. The lowest BCUT2D eigenvalue weighted by Crippen LogP contribution is -2.24. The number of Topliss-reactive ketones (excluding diaryl/α,β-unsaturated/α-hetero) is 2. The first-order chi connectivity index (χ1) is 14.7. The zero-order valence-electron chi connectivity index (χ0n) is 20.4. The SMILES string of the molecule is CC(C)C(=O)CCCCC(=O)NCCCCCCCNC(=O)CCCCC(=O)C(C)C. The molecule has 0 atom stereocenters. The average molecular weight is 439 g/mol. The van der Waals surface area contributed by atoms with Gasteiger partial charge in [0.2, 0.25) is 11.8 Å². The van der Waals surface area contributed by atoms with E-state index >= 15 is 0 Å². The maximum atomic E-state index is 11.8. The van der Waals surface area contributed by atoms with Crippen LogP contribution in [-0.4, -0.2) is 36.5 Å². The lowest BCUT2D eigenvalue weighted by atomic mass is 10.0. The molecule has 0 saturated carbocycles. The summed E-state index contributed by atoms with van der Waals surface area (Å²) in [6, 6.07) is 0. The van der Waals surface area contributed by atoms with Gasteiger partial charge in [0, 0.05) is 50.6 Å². The van der Waals surface area contributed by atoms with Crippen LogP contribution in [0.1, 0.15) is 111 Å². The Morgan fingerprint density at radius 3 is 1.16 bits per heavy atom. The van der Waals surface area contributed by atoms with Gasteiger partial charge < -0.3 is 10.6 Å². The van der Waals surface area contributed by atoms with Crippen LogP contribution in [0.5, 0.6) is 0 Å². The van der Waals surface area contributed by atoms with Gasteiger partial charge in [0.15, 0.2) is 0 Å². The van der Waals surface area contributed by atoms with Crippen molar-refractivity contribution in [2.24, 2.45) is 11.8 Å². The fourth-order valence-corrected chi connectivity index (χ4v) is 3.16. The van der Waals surface area contributed by atoms with Gasteiger partial charge in [-0.15, -0.1) is 0 Å². The summed E-state index contributed by atoms with van der Waals surface area (Å²) < 4.78 is 0. The summed E-state index contributed by atoms with van der Waals surface area (Å²) in [5.74, 6) is 0.872. The fraction of sp³-hybridized carbons (Fsp3) is 0.840. The highest BCUT2D eigenvalue weighted by Crippen LogP contribution is 2.07. The van der Waals surface area contributed by atoms with Gasteiger partial charge in [0.1, 0.15) is 11.6 Å². The Kier molecular flexibility index (Phi) is 17.9. The van der Waals surface area contributed by atoms with Gasteiger partial charge in [-0.25, -0.2) is 0 Å². The van der Waals surface area contributed by atoms with Gasteiger partial charge in [-0.05, 0) is 38.5 Å². The number of carbonyl (C=O) groups excluding carboxylic acids is 4. The molecule has 0 radical (unpaired) electrons. The van der Waals surface area contributed by atoms with E-state index in [1.807, 2.05) is 27.7 Å². The second kappa shape index (κ2) is 19.0. The first-order valence-electron chi connectivity index (χ1n) is 12.3. The largest absolute Gasteiger partial charge is 0.356 e. The summed E-state index contributed by atoms with van der Waals surface area (Å²) in [5.41, 5.74) is 0. The molecule has 0 aromatic carbocycles. The number of ketones is 2. The van der Waals surface area contributed by atoms with Crippen molar-refractivity contribution in [3.8, 4) is 0 Å². The molecule has 0 aliphatic rings. The van der Waals surface area contributed by atoms with Crippen LogP contribution in [-0.2, 0) is 19.2 Å². The van der Waals surface area contributed by atoms with E-state index < -0.39 is 0 Å². The van der Waals surface area contributed by atoms with Gasteiger partial charge in [-0.2, -0.15) is 0 Å². The smallest absolute Gasteiger partial charge is 0.219 e. The third-order valence-corrected chi connectivity index (χ3v) is 5.44. The van der Waals surface area contributed by atoms with Crippen molar-refractivity contribution in [2.75, 3.05) is 13.1 Å². The summed E-state index contributed by atoms with van der Waals surface area (Å²) in [7, 11) is 0. The molecule has 0 saturated heterocycles. The van der Waals surface area contributed by atoms with Gasteiger partial charge in [0.05, 0.1) is 0 Å². The van der Waals surface area contributed by atoms with Crippen LogP contribution in [0.4, 0.5) is 0 Å². The minimum atomic E-state index is 0.0771. The van der Waals surface area contributed by atoms with Crippen molar-refractivity contribution in [1.29, 1.82) is 0 Å². The van der Waals surface area contributed by atoms with Crippen molar-refractivity contribution in [3.05, 3.63) is 0 Å². The third-order valence-electron chi connectivity index (χ3n) is 5.44. The molecule has 0 heterocycles. The number of hydrogen-bond donors (Lipinski definition) is 2. The second-order valence-corrected chi connectivity index (χ2v) is 9.12. The molecule has 180 valence electrons. The van der Waals surface area contributed by atoms with E-state index in [1.54, 1.807) is 0 Å². The van der Waals surface area contributed by atoms with Crippen LogP contribution in [0, 0.1) is 11.8 Å². The molecule has 6 heteroatoms. The molecule has 0 aliphatic heterocycles. The van der Waals surface area contributed by atoms with E-state index in [-0.39, 0.29) is 35.2 Å². The predicted molar refractivity (Wildman–Crippen MR) is 126 cm³/mol. The molecule has 0 aromatic rings. The van der Waals surface area contributed by atoms with E-state index in [1.165, 1.54) is 0 Å². The lowest BCUT2D eigenvalue weighted by Gasteiger charge is -2.07. The molecule has 0 bridgehead atoms. The molecule has 0 aliphatic carbocycles. The van der Waals surface area contributed by atoms with Crippen molar-refractivity contribution < 1.29 is 19.2 Å². The highest BCUT2D eigenvalue weighted by atomic mass is 16.2. The lowest BCUT2D eigenvalue weighted by molar-refractivity contribution is -0.123. The standard InChI is InChI=1S/C25H46N2O4/c1-20(2)22(28)14-8-10-16-24(30)26-18-12-6-5-7-13-19-27-25(31)17-11-9-15-23(29)21(3)4/h20-21H,5-19H2,1-4H3,(H,26,30)(H,27,31). The topological polar surface area (TPSA) is 92.3 Å². The zero-order chi connectivity index (χ0) is 23.5. The molecule has 0 fully saturated rings. The Morgan fingerprint density at radius 1 is 0.484 bits per heavy atom. The Bertz CT molecular complexity index is 484. The molecule has 2 N–H and O–H groups in total. The first kappa shape index (κ1) is 29.3. The Labute approximate surface area is 189 Å². The van der Waals surface area contributed by atoms with Crippen LogP contribution in [0.3, 0.4) is 0 Å². The summed E-state index contributed by atoms with van der Waals surface area (Å²) in [6.45, 7) is 9.05. The molecule has 6 nitrogen and oxygen atoms in total. The van der Waals surface area contributed by atoms with Crippen LogP contribution < -0.4 is 10.6 Å². The van der Waals surface area contributed by atoms with Gasteiger partial charge in [-0.1, -0.05) is 47.0 Å². The number of rotatable bonds is 20. The van der Waals surface area contributed by atoms with Gasteiger partial charge in [-0.3, -0.25) is 19.2 Å². The molecule has 31 heavy (non-hydrogen) atoms. The number of unbranched alkanes of at least 4 members (excludes halogenated alkanes) is 6. The Balaban J connectivity index is 3.40. The summed E-state index contributed by atoms with van der Waals surface area (Å²) in [5, 5.41) is 5.89. The quantitative estimate of drug-likeness (QED) is 0.269. The molecule has 0 unspecified atom stereocenters. The average Bonchev–Trinajstić information content (AvgIpc) is 2.72. The van der Waals surface area contributed by atoms with E-state index in [4.69, 9.17) is 0 Å². The van der Waals surface area contributed by atoms with Crippen LogP contribution in [0.25, 0.3) is 0 Å². The molecular formula is C25H46N2O4. The van der Waals surface area contributed by atoms with E-state index in [0.29, 0.717) is 38.8 Å². The Hall–Kier alpha value is -1.72. The summed E-state index contributed by atoms with van der Waals surface area (Å²) in [6.07, 6.45) is 10.4. The fourth-order valence-electron chi connectivity index (χ4n) is 3.16. The first-order valence-corrected chi connectivity index (χ1v) is 12.3. The van der Waals surface area contributed by atoms with Crippen LogP contribution in [0.15, 0.2) is 0 Å². The number of hydrogen-bond acceptors (Lipinski definition) is 4.